The number of fused-ring (bicyclic) bond motifs is 2. The number of hydrogen-bond acceptors (Lipinski definition) is 5. The predicted molar refractivity (Wildman–Crippen MR) is 143 cm³/mol. The van der Waals surface area contributed by atoms with E-state index in [0.29, 0.717) is 11.4 Å². The maximum absolute atomic E-state index is 13.6. The third-order valence-corrected chi connectivity index (χ3v) is 7.98. The van der Waals surface area contributed by atoms with Gasteiger partial charge < -0.3 is 10.2 Å². The molecule has 2 fully saturated rings. The van der Waals surface area contributed by atoms with E-state index in [9.17, 15) is 9.59 Å². The Labute approximate surface area is 217 Å². The zero-order valence-corrected chi connectivity index (χ0v) is 20.9. The van der Waals surface area contributed by atoms with Crippen LogP contribution in [0, 0.1) is 5.41 Å². The molecular weight excluding hydrogens is 480 g/mol. The Morgan fingerprint density at radius 2 is 1.95 bits per heavy atom. The van der Waals surface area contributed by atoms with Crippen LogP contribution in [0.5, 0.6) is 0 Å². The zero-order chi connectivity index (χ0) is 26.0. The summed E-state index contributed by atoms with van der Waals surface area (Å²) in [5.74, 6) is -0.279. The third kappa shape index (κ3) is 3.44. The number of anilines is 1. The highest BCUT2D eigenvalue weighted by Crippen LogP contribution is 2.54. The minimum Gasteiger partial charge on any atom is -0.338 e. The number of benzene rings is 2. The highest BCUT2D eigenvalue weighted by Gasteiger charge is 2.54. The van der Waals surface area contributed by atoms with E-state index in [0.717, 1.165) is 58.9 Å². The molecule has 2 amide bonds. The van der Waals surface area contributed by atoms with Crippen LogP contribution in [-0.4, -0.2) is 59.6 Å². The van der Waals surface area contributed by atoms with Crippen LogP contribution in [0.15, 0.2) is 67.6 Å². The van der Waals surface area contributed by atoms with E-state index in [1.165, 1.54) is 6.08 Å². The van der Waals surface area contributed by atoms with Crippen molar-refractivity contribution < 1.29 is 9.59 Å². The van der Waals surface area contributed by atoms with Crippen LogP contribution in [0.2, 0.25) is 0 Å². The maximum atomic E-state index is 13.6. The summed E-state index contributed by atoms with van der Waals surface area (Å²) in [6.07, 6.45) is 8.61. The molecule has 4 heterocycles. The summed E-state index contributed by atoms with van der Waals surface area (Å²) in [4.78, 5) is 27.3. The summed E-state index contributed by atoms with van der Waals surface area (Å²) in [5.41, 5.74) is 4.96. The molecule has 1 aliphatic carbocycles. The lowest BCUT2D eigenvalue weighted by Crippen LogP contribution is -2.63. The minimum atomic E-state index is -0.264. The molecule has 2 N–H and O–H groups in total. The van der Waals surface area contributed by atoms with Gasteiger partial charge in [0, 0.05) is 53.8 Å². The monoisotopic (exact) mass is 506 g/mol. The maximum Gasteiger partial charge on any atom is 0.276 e. The van der Waals surface area contributed by atoms with Crippen molar-refractivity contribution in [2.75, 3.05) is 18.4 Å². The van der Waals surface area contributed by atoms with Gasteiger partial charge in [0.2, 0.25) is 5.91 Å². The van der Waals surface area contributed by atoms with Crippen LogP contribution >= 0.6 is 0 Å². The first-order valence-corrected chi connectivity index (χ1v) is 12.6. The van der Waals surface area contributed by atoms with Crippen molar-refractivity contribution in [3.05, 3.63) is 73.3 Å². The van der Waals surface area contributed by atoms with Crippen LogP contribution in [0.3, 0.4) is 0 Å². The van der Waals surface area contributed by atoms with Gasteiger partial charge in [0.25, 0.3) is 5.91 Å². The molecule has 2 aliphatic rings. The largest absolute Gasteiger partial charge is 0.338 e. The van der Waals surface area contributed by atoms with Gasteiger partial charge in [0.15, 0.2) is 5.69 Å². The lowest BCUT2D eigenvalue weighted by Gasteiger charge is -2.58. The molecule has 1 spiro atoms. The number of rotatable bonds is 5. The van der Waals surface area contributed by atoms with Gasteiger partial charge in [0.1, 0.15) is 0 Å². The molecule has 10 heteroatoms. The summed E-state index contributed by atoms with van der Waals surface area (Å²) in [5, 5.41) is 20.9. The van der Waals surface area contributed by atoms with E-state index in [1.807, 2.05) is 59.2 Å². The van der Waals surface area contributed by atoms with E-state index in [1.54, 1.807) is 17.1 Å². The van der Waals surface area contributed by atoms with Gasteiger partial charge >= 0.3 is 0 Å². The number of carbonyl (C=O) groups is 2. The molecular formula is C28H26N8O2. The summed E-state index contributed by atoms with van der Waals surface area (Å²) in [6, 6.07) is 12.0. The van der Waals surface area contributed by atoms with Crippen LogP contribution < -0.4 is 5.32 Å². The Bertz CT molecular complexity index is 1730. The smallest absolute Gasteiger partial charge is 0.276 e. The normalized spacial score (nSPS) is 16.5. The molecule has 2 aromatic carbocycles. The summed E-state index contributed by atoms with van der Waals surface area (Å²) >= 11 is 0. The molecule has 7 rings (SSSR count). The number of nitrogens with zero attached hydrogens (tertiary/aromatic N) is 6. The first-order valence-electron chi connectivity index (χ1n) is 12.6. The fourth-order valence-corrected chi connectivity index (χ4v) is 6.01. The predicted octanol–water partition coefficient (Wildman–Crippen LogP) is 3.91. The molecule has 0 bridgehead atoms. The average molecular weight is 507 g/mol. The summed E-state index contributed by atoms with van der Waals surface area (Å²) in [7, 11) is 1.88. The van der Waals surface area contributed by atoms with Gasteiger partial charge in [-0.05, 0) is 54.8 Å². The van der Waals surface area contributed by atoms with Crippen LogP contribution in [-0.2, 0) is 11.8 Å². The van der Waals surface area contributed by atoms with Crippen molar-refractivity contribution in [2.45, 2.75) is 18.9 Å². The Kier molecular flexibility index (Phi) is 4.81. The number of hydrogen-bond donors (Lipinski definition) is 2. The second kappa shape index (κ2) is 8.14. The number of aryl methyl sites for hydroxylation is 1. The van der Waals surface area contributed by atoms with Crippen molar-refractivity contribution in [1.29, 1.82) is 0 Å². The van der Waals surface area contributed by atoms with E-state index in [-0.39, 0.29) is 23.3 Å². The molecule has 1 saturated heterocycles. The van der Waals surface area contributed by atoms with E-state index < -0.39 is 0 Å². The average Bonchev–Trinajstić information content (AvgIpc) is 3.62. The summed E-state index contributed by atoms with van der Waals surface area (Å²) < 4.78 is 3.78. The number of aromatic nitrogens is 6. The second-order valence-corrected chi connectivity index (χ2v) is 10.5. The summed E-state index contributed by atoms with van der Waals surface area (Å²) in [6.45, 7) is 5.09. The van der Waals surface area contributed by atoms with Gasteiger partial charge in [-0.15, -0.1) is 0 Å². The highest BCUT2D eigenvalue weighted by molar-refractivity contribution is 6.12. The molecule has 3 aromatic heterocycles. The zero-order valence-electron chi connectivity index (χ0n) is 20.9. The minimum absolute atomic E-state index is 0.0151. The quantitative estimate of drug-likeness (QED) is 0.351. The molecule has 0 unspecified atom stereocenters. The van der Waals surface area contributed by atoms with Crippen molar-refractivity contribution >= 4 is 39.3 Å². The Balaban J connectivity index is 1.22. The first kappa shape index (κ1) is 22.5. The van der Waals surface area contributed by atoms with Crippen molar-refractivity contribution in [2.24, 2.45) is 12.5 Å². The van der Waals surface area contributed by atoms with Gasteiger partial charge in [-0.1, -0.05) is 12.6 Å². The lowest BCUT2D eigenvalue weighted by atomic mass is 9.60. The first-order chi connectivity index (χ1) is 18.4. The lowest BCUT2D eigenvalue weighted by molar-refractivity contribution is -0.148. The number of likely N-dealkylation sites (tertiary alicyclic amines) is 1. The standard InChI is InChI=1S/C28H26N8O2/c1-3-25(37)35-15-28(16-35)10-21(11-28)36-23-7-5-17(19-12-29-30-13-19)8-22(23)26(33-36)27(38)32-20-6-4-18-14-31-34(2)24(18)9-20/h3-9,12-14,21H,1,10-11,15-16H2,2H3,(H,29,30)(H,32,38). The molecule has 10 nitrogen and oxygen atoms in total. The Morgan fingerprint density at radius 1 is 1.11 bits per heavy atom. The molecule has 5 aromatic rings. The van der Waals surface area contributed by atoms with Crippen molar-refractivity contribution in [3.63, 3.8) is 0 Å². The molecule has 38 heavy (non-hydrogen) atoms. The Hall–Kier alpha value is -4.73. The number of nitrogens with one attached hydrogen (secondary N) is 2. The van der Waals surface area contributed by atoms with Crippen molar-refractivity contribution in [1.82, 2.24) is 34.7 Å². The van der Waals surface area contributed by atoms with Crippen molar-refractivity contribution in [3.8, 4) is 11.1 Å². The Morgan fingerprint density at radius 3 is 2.71 bits per heavy atom. The molecule has 0 radical (unpaired) electrons. The number of aromatic amines is 1. The molecule has 1 saturated carbocycles. The fourth-order valence-electron chi connectivity index (χ4n) is 6.01. The van der Waals surface area contributed by atoms with Gasteiger partial charge in [-0.25, -0.2) is 0 Å². The van der Waals surface area contributed by atoms with E-state index in [2.05, 4.69) is 27.2 Å². The van der Waals surface area contributed by atoms with Crippen LogP contribution in [0.4, 0.5) is 5.69 Å². The molecule has 1 aliphatic heterocycles. The van der Waals surface area contributed by atoms with Gasteiger partial charge in [0.05, 0.1) is 29.5 Å². The topological polar surface area (TPSA) is 114 Å². The number of H-pyrrole nitrogens is 1. The van der Waals surface area contributed by atoms with E-state index >= 15 is 0 Å². The van der Waals surface area contributed by atoms with Gasteiger partial charge in [-0.2, -0.15) is 15.3 Å². The SMILES string of the molecule is C=CC(=O)N1CC2(CC(n3nc(C(=O)Nc4ccc5cnn(C)c5c4)c4cc(-c5cn[nH]c5)ccc43)C2)C1. The van der Waals surface area contributed by atoms with Crippen LogP contribution in [0.25, 0.3) is 32.9 Å². The van der Waals surface area contributed by atoms with E-state index in [4.69, 9.17) is 5.10 Å². The number of amides is 2. The molecule has 0 atom stereocenters. The van der Waals surface area contributed by atoms with Crippen LogP contribution in [0.1, 0.15) is 29.4 Å². The highest BCUT2D eigenvalue weighted by atomic mass is 16.2. The third-order valence-electron chi connectivity index (χ3n) is 7.98. The van der Waals surface area contributed by atoms with Gasteiger partial charge in [-0.3, -0.25) is 24.1 Å². The fraction of sp³-hybridized carbons (Fsp3) is 0.250. The second-order valence-electron chi connectivity index (χ2n) is 10.5. The number of carbonyl (C=O) groups excluding carboxylic acids is 2. The molecule has 190 valence electrons.